The molecule has 94 valence electrons. The van der Waals surface area contributed by atoms with Gasteiger partial charge in [0.25, 0.3) is 5.69 Å². The minimum atomic E-state index is -0.473. The lowest BCUT2D eigenvalue weighted by atomic mass is 10.1. The van der Waals surface area contributed by atoms with E-state index in [0.717, 1.165) is 0 Å². The summed E-state index contributed by atoms with van der Waals surface area (Å²) >= 11 is 0. The summed E-state index contributed by atoms with van der Waals surface area (Å²) in [6, 6.07) is 4.31. The first kappa shape index (κ1) is 13.4. The number of ether oxygens (including phenoxy) is 1. The van der Waals surface area contributed by atoms with Gasteiger partial charge in [-0.3, -0.25) is 10.1 Å². The molecule has 1 unspecified atom stereocenters. The molecule has 0 aliphatic carbocycles. The third-order valence-corrected chi connectivity index (χ3v) is 2.31. The minimum Gasteiger partial charge on any atom is -0.493 e. The Morgan fingerprint density at radius 2 is 2.29 bits per heavy atom. The number of rotatable bonds is 6. The standard InChI is InChI=1S/C11H16N2O4/c1-8(6-14)7-17-11-3-2-10(13(15)16)4-9(11)5-12/h2-4,8,14H,5-7,12H2,1H3. The molecule has 17 heavy (non-hydrogen) atoms. The monoisotopic (exact) mass is 240 g/mol. The molecule has 1 atom stereocenters. The summed E-state index contributed by atoms with van der Waals surface area (Å²) in [4.78, 5) is 10.1. The predicted octanol–water partition coefficient (Wildman–Crippen LogP) is 1.06. The lowest BCUT2D eigenvalue weighted by Crippen LogP contribution is -2.13. The van der Waals surface area contributed by atoms with Gasteiger partial charge in [-0.1, -0.05) is 6.92 Å². The summed E-state index contributed by atoms with van der Waals surface area (Å²) < 4.78 is 5.45. The Morgan fingerprint density at radius 3 is 2.82 bits per heavy atom. The fourth-order valence-electron chi connectivity index (χ4n) is 1.26. The van der Waals surface area contributed by atoms with Crippen LogP contribution < -0.4 is 10.5 Å². The van der Waals surface area contributed by atoms with Gasteiger partial charge in [-0.2, -0.15) is 0 Å². The molecule has 0 bridgehead atoms. The van der Waals surface area contributed by atoms with E-state index in [0.29, 0.717) is 17.9 Å². The molecule has 1 aromatic rings. The number of benzene rings is 1. The van der Waals surface area contributed by atoms with Gasteiger partial charge in [0.1, 0.15) is 5.75 Å². The Kier molecular flexibility index (Phi) is 4.86. The van der Waals surface area contributed by atoms with Gasteiger partial charge < -0.3 is 15.6 Å². The zero-order chi connectivity index (χ0) is 12.8. The number of hydrogen-bond donors (Lipinski definition) is 2. The normalized spacial score (nSPS) is 12.2. The fourth-order valence-corrected chi connectivity index (χ4v) is 1.26. The van der Waals surface area contributed by atoms with Crippen LogP contribution in [0.2, 0.25) is 0 Å². The molecule has 0 radical (unpaired) electrons. The lowest BCUT2D eigenvalue weighted by Gasteiger charge is -2.13. The maximum atomic E-state index is 10.6. The van der Waals surface area contributed by atoms with Crippen LogP contribution in [0, 0.1) is 16.0 Å². The zero-order valence-corrected chi connectivity index (χ0v) is 9.63. The predicted molar refractivity (Wildman–Crippen MR) is 62.7 cm³/mol. The van der Waals surface area contributed by atoms with Gasteiger partial charge in [0.2, 0.25) is 0 Å². The van der Waals surface area contributed by atoms with Crippen molar-refractivity contribution in [3.63, 3.8) is 0 Å². The van der Waals surface area contributed by atoms with E-state index in [2.05, 4.69) is 0 Å². The second-order valence-corrected chi connectivity index (χ2v) is 3.85. The van der Waals surface area contributed by atoms with E-state index >= 15 is 0 Å². The average molecular weight is 240 g/mol. The van der Waals surface area contributed by atoms with Crippen molar-refractivity contribution in [3.8, 4) is 5.75 Å². The number of nitrogens with zero attached hydrogens (tertiary/aromatic N) is 1. The summed E-state index contributed by atoms with van der Waals surface area (Å²) in [6.07, 6.45) is 0. The number of nitro benzene ring substituents is 1. The Bertz CT molecular complexity index is 395. The van der Waals surface area contributed by atoms with Gasteiger partial charge in [0.05, 0.1) is 11.5 Å². The largest absolute Gasteiger partial charge is 0.493 e. The van der Waals surface area contributed by atoms with Crippen molar-refractivity contribution < 1.29 is 14.8 Å². The highest BCUT2D eigenvalue weighted by atomic mass is 16.6. The van der Waals surface area contributed by atoms with Crippen LogP contribution >= 0.6 is 0 Å². The molecule has 1 aromatic carbocycles. The molecule has 0 spiro atoms. The Hall–Kier alpha value is -1.66. The van der Waals surface area contributed by atoms with Gasteiger partial charge in [-0.15, -0.1) is 0 Å². The highest BCUT2D eigenvalue weighted by Gasteiger charge is 2.11. The van der Waals surface area contributed by atoms with E-state index < -0.39 is 4.92 Å². The number of aliphatic hydroxyl groups excluding tert-OH is 1. The van der Waals surface area contributed by atoms with Crippen LogP contribution in [0.25, 0.3) is 0 Å². The number of nitrogens with two attached hydrogens (primary N) is 1. The molecular formula is C11H16N2O4. The first-order chi connectivity index (χ1) is 8.08. The minimum absolute atomic E-state index is 0.00648. The Morgan fingerprint density at radius 1 is 1.59 bits per heavy atom. The molecule has 0 aromatic heterocycles. The molecule has 3 N–H and O–H groups in total. The highest BCUT2D eigenvalue weighted by Crippen LogP contribution is 2.24. The van der Waals surface area contributed by atoms with E-state index in [4.69, 9.17) is 15.6 Å². The lowest BCUT2D eigenvalue weighted by molar-refractivity contribution is -0.384. The summed E-state index contributed by atoms with van der Waals surface area (Å²) in [6.45, 7) is 2.39. The van der Waals surface area contributed by atoms with E-state index in [1.807, 2.05) is 6.92 Å². The zero-order valence-electron chi connectivity index (χ0n) is 9.63. The van der Waals surface area contributed by atoms with Crippen molar-refractivity contribution in [1.82, 2.24) is 0 Å². The van der Waals surface area contributed by atoms with Gasteiger partial charge in [-0.05, 0) is 6.07 Å². The maximum Gasteiger partial charge on any atom is 0.270 e. The number of non-ortho nitro benzene ring substituents is 1. The quantitative estimate of drug-likeness (QED) is 0.572. The summed E-state index contributed by atoms with van der Waals surface area (Å²) in [5.41, 5.74) is 6.09. The van der Waals surface area contributed by atoms with Crippen LogP contribution in [0.3, 0.4) is 0 Å². The molecule has 0 saturated carbocycles. The smallest absolute Gasteiger partial charge is 0.270 e. The molecule has 0 aliphatic rings. The fraction of sp³-hybridized carbons (Fsp3) is 0.455. The van der Waals surface area contributed by atoms with Crippen LogP contribution in [0.15, 0.2) is 18.2 Å². The third kappa shape index (κ3) is 3.69. The van der Waals surface area contributed by atoms with Gasteiger partial charge >= 0.3 is 0 Å². The highest BCUT2D eigenvalue weighted by molar-refractivity contribution is 5.43. The molecular weight excluding hydrogens is 224 g/mol. The van der Waals surface area contributed by atoms with Crippen LogP contribution in [-0.2, 0) is 6.54 Å². The third-order valence-electron chi connectivity index (χ3n) is 2.31. The van der Waals surface area contributed by atoms with Crippen LogP contribution in [-0.4, -0.2) is 23.2 Å². The number of nitro groups is 1. The van der Waals surface area contributed by atoms with Crippen molar-refractivity contribution in [2.24, 2.45) is 11.7 Å². The van der Waals surface area contributed by atoms with E-state index in [1.165, 1.54) is 18.2 Å². The molecule has 0 amide bonds. The number of aliphatic hydroxyl groups is 1. The van der Waals surface area contributed by atoms with Crippen LogP contribution in [0.5, 0.6) is 5.75 Å². The SMILES string of the molecule is CC(CO)COc1ccc([N+](=O)[O-])cc1CN. The first-order valence-corrected chi connectivity index (χ1v) is 5.29. The van der Waals surface area contributed by atoms with Crippen molar-refractivity contribution in [3.05, 3.63) is 33.9 Å². The van der Waals surface area contributed by atoms with Crippen molar-refractivity contribution in [2.45, 2.75) is 13.5 Å². The Balaban J connectivity index is 2.82. The van der Waals surface area contributed by atoms with Crippen molar-refractivity contribution in [2.75, 3.05) is 13.2 Å². The molecule has 0 saturated heterocycles. The van der Waals surface area contributed by atoms with Crippen LogP contribution in [0.4, 0.5) is 5.69 Å². The first-order valence-electron chi connectivity index (χ1n) is 5.29. The van der Waals surface area contributed by atoms with Gasteiger partial charge in [-0.25, -0.2) is 0 Å². The molecule has 6 heteroatoms. The Labute approximate surface area is 99.2 Å². The van der Waals surface area contributed by atoms with E-state index in [9.17, 15) is 10.1 Å². The summed E-state index contributed by atoms with van der Waals surface area (Å²) in [5, 5.41) is 19.4. The topological polar surface area (TPSA) is 98.6 Å². The van der Waals surface area contributed by atoms with Crippen LogP contribution in [0.1, 0.15) is 12.5 Å². The molecule has 0 aliphatic heterocycles. The van der Waals surface area contributed by atoms with Crippen molar-refractivity contribution >= 4 is 5.69 Å². The van der Waals surface area contributed by atoms with Gasteiger partial charge in [0.15, 0.2) is 0 Å². The van der Waals surface area contributed by atoms with Crippen molar-refractivity contribution in [1.29, 1.82) is 0 Å². The summed E-state index contributed by atoms with van der Waals surface area (Å²) in [5.74, 6) is 0.536. The maximum absolute atomic E-state index is 10.6. The average Bonchev–Trinajstić information content (AvgIpc) is 2.35. The van der Waals surface area contributed by atoms with Gasteiger partial charge in [0, 0.05) is 36.8 Å². The number of hydrogen-bond acceptors (Lipinski definition) is 5. The van der Waals surface area contributed by atoms with E-state index in [-0.39, 0.29) is 24.8 Å². The molecule has 0 fully saturated rings. The molecule has 1 rings (SSSR count). The molecule has 6 nitrogen and oxygen atoms in total. The molecule has 0 heterocycles. The summed E-state index contributed by atoms with van der Waals surface area (Å²) in [7, 11) is 0. The second kappa shape index (κ2) is 6.17. The second-order valence-electron chi connectivity index (χ2n) is 3.85. The van der Waals surface area contributed by atoms with E-state index in [1.54, 1.807) is 0 Å².